The monoisotopic (exact) mass is 435 g/mol. The van der Waals surface area contributed by atoms with E-state index in [0.29, 0.717) is 32.0 Å². The maximum absolute atomic E-state index is 13.2. The number of halogens is 1. The zero-order valence-electron chi connectivity index (χ0n) is 17.3. The Morgan fingerprint density at radius 2 is 1.77 bits per heavy atom. The number of carbonyl (C=O) groups is 1. The van der Waals surface area contributed by atoms with Crippen LogP contribution in [0.15, 0.2) is 47.4 Å². The highest BCUT2D eigenvalue weighted by Gasteiger charge is 2.25. The number of hydrogen-bond acceptors (Lipinski definition) is 5. The molecule has 1 amide bonds. The van der Waals surface area contributed by atoms with Crippen LogP contribution in [-0.2, 0) is 14.8 Å². The molecule has 2 aromatic rings. The zero-order valence-corrected chi connectivity index (χ0v) is 18.1. The Hall–Kier alpha value is -2.49. The molecule has 0 saturated carbocycles. The number of hydrogen-bond donors (Lipinski definition) is 1. The van der Waals surface area contributed by atoms with Crippen molar-refractivity contribution in [1.82, 2.24) is 9.62 Å². The first kappa shape index (κ1) is 22.2. The summed E-state index contributed by atoms with van der Waals surface area (Å²) < 4.78 is 44.9. The molecule has 0 unspecified atom stereocenters. The SMILES string of the molecule is C[C@@H](NC(=O)c1cc(S(=O)(=O)N(C)C)ccc1N1CCOCC1)c1ccc(F)cc1. The van der Waals surface area contributed by atoms with Crippen LogP contribution in [0.4, 0.5) is 10.1 Å². The molecule has 1 atom stereocenters. The van der Waals surface area contributed by atoms with Gasteiger partial charge in [-0.25, -0.2) is 17.1 Å². The van der Waals surface area contributed by atoms with Crippen LogP contribution in [0.3, 0.4) is 0 Å². The maximum Gasteiger partial charge on any atom is 0.253 e. The molecule has 30 heavy (non-hydrogen) atoms. The van der Waals surface area contributed by atoms with Gasteiger partial charge in [0.1, 0.15) is 5.82 Å². The van der Waals surface area contributed by atoms with Gasteiger partial charge in [0.25, 0.3) is 5.91 Å². The highest BCUT2D eigenvalue weighted by Crippen LogP contribution is 2.27. The van der Waals surface area contributed by atoms with Crippen molar-refractivity contribution in [3.05, 3.63) is 59.4 Å². The van der Waals surface area contributed by atoms with Gasteiger partial charge in [0.15, 0.2) is 0 Å². The van der Waals surface area contributed by atoms with Crippen molar-refractivity contribution in [3.63, 3.8) is 0 Å². The van der Waals surface area contributed by atoms with E-state index >= 15 is 0 Å². The topological polar surface area (TPSA) is 79.0 Å². The fourth-order valence-electron chi connectivity index (χ4n) is 3.26. The largest absolute Gasteiger partial charge is 0.378 e. The van der Waals surface area contributed by atoms with Gasteiger partial charge in [0.05, 0.1) is 29.7 Å². The molecule has 7 nitrogen and oxygen atoms in total. The molecule has 1 aliphatic rings. The average molecular weight is 436 g/mol. The molecule has 1 saturated heterocycles. The van der Waals surface area contributed by atoms with Crippen LogP contribution in [0, 0.1) is 5.82 Å². The summed E-state index contributed by atoms with van der Waals surface area (Å²) in [6.07, 6.45) is 0. The van der Waals surface area contributed by atoms with Gasteiger partial charge >= 0.3 is 0 Å². The molecule has 0 bridgehead atoms. The second-order valence-electron chi connectivity index (χ2n) is 7.31. The van der Waals surface area contributed by atoms with Gasteiger partial charge in [-0.2, -0.15) is 0 Å². The third kappa shape index (κ3) is 4.80. The van der Waals surface area contributed by atoms with Crippen molar-refractivity contribution in [3.8, 4) is 0 Å². The van der Waals surface area contributed by atoms with E-state index in [-0.39, 0.29) is 22.3 Å². The van der Waals surface area contributed by atoms with Crippen LogP contribution in [0.2, 0.25) is 0 Å². The molecular formula is C21H26FN3O4S. The lowest BCUT2D eigenvalue weighted by Gasteiger charge is -2.31. The quantitative estimate of drug-likeness (QED) is 0.754. The Bertz CT molecular complexity index is 1000. The number of sulfonamides is 1. The number of benzene rings is 2. The van der Waals surface area contributed by atoms with Crippen molar-refractivity contribution in [2.75, 3.05) is 45.3 Å². The van der Waals surface area contributed by atoms with Crippen LogP contribution < -0.4 is 10.2 Å². The second-order valence-corrected chi connectivity index (χ2v) is 9.46. The Balaban J connectivity index is 1.96. The summed E-state index contributed by atoms with van der Waals surface area (Å²) in [6.45, 7) is 4.07. The summed E-state index contributed by atoms with van der Waals surface area (Å²) in [5.74, 6) is -0.752. The van der Waals surface area contributed by atoms with Crippen LogP contribution in [0.25, 0.3) is 0 Å². The minimum absolute atomic E-state index is 0.0455. The van der Waals surface area contributed by atoms with Crippen molar-refractivity contribution in [2.24, 2.45) is 0 Å². The number of anilines is 1. The molecular weight excluding hydrogens is 409 g/mol. The van der Waals surface area contributed by atoms with E-state index in [0.717, 1.165) is 9.87 Å². The molecule has 0 aliphatic carbocycles. The first-order valence-electron chi connectivity index (χ1n) is 9.66. The molecule has 0 radical (unpaired) electrons. The Morgan fingerprint density at radius 1 is 1.13 bits per heavy atom. The summed E-state index contributed by atoms with van der Waals surface area (Å²) in [4.78, 5) is 15.2. The number of nitrogens with one attached hydrogen (secondary N) is 1. The van der Waals surface area contributed by atoms with Crippen molar-refractivity contribution < 1.29 is 22.3 Å². The number of rotatable bonds is 6. The van der Waals surface area contributed by atoms with E-state index in [4.69, 9.17) is 4.74 Å². The summed E-state index contributed by atoms with van der Waals surface area (Å²) in [5, 5.41) is 2.89. The molecule has 9 heteroatoms. The fraction of sp³-hybridized carbons (Fsp3) is 0.381. The van der Waals surface area contributed by atoms with E-state index in [1.165, 1.54) is 38.4 Å². The van der Waals surface area contributed by atoms with Crippen molar-refractivity contribution in [2.45, 2.75) is 17.9 Å². The average Bonchev–Trinajstić information content (AvgIpc) is 2.74. The summed E-state index contributed by atoms with van der Waals surface area (Å²) in [7, 11) is -0.805. The molecule has 0 spiro atoms. The first-order valence-corrected chi connectivity index (χ1v) is 11.1. The van der Waals surface area contributed by atoms with Gasteiger partial charge in [-0.3, -0.25) is 4.79 Å². The summed E-state index contributed by atoms with van der Waals surface area (Å²) >= 11 is 0. The number of nitrogens with zero attached hydrogens (tertiary/aromatic N) is 2. The summed E-state index contributed by atoms with van der Waals surface area (Å²) in [5.41, 5.74) is 1.67. The second kappa shape index (κ2) is 9.11. The normalized spacial score (nSPS) is 15.8. The Kier molecular flexibility index (Phi) is 6.74. The molecule has 3 rings (SSSR count). The van der Waals surface area contributed by atoms with Gasteiger partial charge in [-0.15, -0.1) is 0 Å². The lowest BCUT2D eigenvalue weighted by molar-refractivity contribution is 0.0938. The molecule has 1 fully saturated rings. The smallest absolute Gasteiger partial charge is 0.253 e. The molecule has 0 aromatic heterocycles. The first-order chi connectivity index (χ1) is 14.2. The minimum Gasteiger partial charge on any atom is -0.378 e. The van der Waals surface area contributed by atoms with Crippen molar-refractivity contribution >= 4 is 21.6 Å². The zero-order chi connectivity index (χ0) is 21.9. The summed E-state index contributed by atoms with van der Waals surface area (Å²) in [6, 6.07) is 10.1. The predicted molar refractivity (Wildman–Crippen MR) is 113 cm³/mol. The van der Waals surface area contributed by atoms with Crippen LogP contribution in [0.5, 0.6) is 0 Å². The molecule has 1 N–H and O–H groups in total. The van der Waals surface area contributed by atoms with Crippen molar-refractivity contribution in [1.29, 1.82) is 0 Å². The van der Waals surface area contributed by atoms with E-state index in [2.05, 4.69) is 5.32 Å². The van der Waals surface area contributed by atoms with Gasteiger partial charge in [-0.1, -0.05) is 12.1 Å². The fourth-order valence-corrected chi connectivity index (χ4v) is 4.19. The lowest BCUT2D eigenvalue weighted by Crippen LogP contribution is -2.38. The van der Waals surface area contributed by atoms with Crippen LogP contribution in [-0.4, -0.2) is 59.0 Å². The number of amides is 1. The number of carbonyl (C=O) groups excluding carboxylic acids is 1. The van der Waals surface area contributed by atoms with Gasteiger partial charge in [0.2, 0.25) is 10.0 Å². The van der Waals surface area contributed by atoms with Gasteiger partial charge < -0.3 is 15.0 Å². The van der Waals surface area contributed by atoms with Crippen LogP contribution in [0.1, 0.15) is 28.9 Å². The van der Waals surface area contributed by atoms with E-state index in [9.17, 15) is 17.6 Å². The molecule has 162 valence electrons. The number of morpholine rings is 1. The Labute approximate surface area is 176 Å². The molecule has 1 aliphatic heterocycles. The maximum atomic E-state index is 13.2. The van der Waals surface area contributed by atoms with E-state index in [1.54, 1.807) is 25.1 Å². The molecule has 1 heterocycles. The molecule has 2 aromatic carbocycles. The van der Waals surface area contributed by atoms with E-state index < -0.39 is 15.9 Å². The Morgan fingerprint density at radius 3 is 2.37 bits per heavy atom. The third-order valence-electron chi connectivity index (χ3n) is 5.06. The van der Waals surface area contributed by atoms with Crippen LogP contribution >= 0.6 is 0 Å². The lowest BCUT2D eigenvalue weighted by atomic mass is 10.1. The van der Waals surface area contributed by atoms with Gasteiger partial charge in [0, 0.05) is 32.9 Å². The van der Waals surface area contributed by atoms with E-state index in [1.807, 2.05) is 4.90 Å². The third-order valence-corrected chi connectivity index (χ3v) is 6.87. The standard InChI is InChI=1S/C21H26FN3O4S/c1-15(16-4-6-17(22)7-5-16)23-21(26)19-14-18(30(27,28)24(2)3)8-9-20(19)25-10-12-29-13-11-25/h4-9,14-15H,10-13H2,1-3H3,(H,23,26)/t15-/m1/s1. The minimum atomic E-state index is -3.70. The highest BCUT2D eigenvalue weighted by molar-refractivity contribution is 7.89. The predicted octanol–water partition coefficient (Wildman–Crippen LogP) is 2.40. The van der Waals surface area contributed by atoms with Gasteiger partial charge in [-0.05, 0) is 42.8 Å². The number of ether oxygens (including phenoxy) is 1. The highest BCUT2D eigenvalue weighted by atomic mass is 32.2.